The minimum atomic E-state index is 0.372. The Hall–Kier alpha value is -1.22. The van der Waals surface area contributed by atoms with Crippen LogP contribution in [0.25, 0.3) is 10.9 Å². The van der Waals surface area contributed by atoms with Crippen LogP contribution in [0.4, 0.5) is 0 Å². The van der Waals surface area contributed by atoms with Gasteiger partial charge in [-0.1, -0.05) is 18.2 Å². The number of H-pyrrole nitrogens is 1. The van der Waals surface area contributed by atoms with Crippen LogP contribution in [0.15, 0.2) is 35.4 Å². The molecule has 3 heteroatoms. The van der Waals surface area contributed by atoms with Gasteiger partial charge in [-0.15, -0.1) is 11.8 Å². The molecule has 0 atom stereocenters. The Bertz CT molecular complexity index is 494. The van der Waals surface area contributed by atoms with Crippen LogP contribution >= 0.6 is 11.8 Å². The van der Waals surface area contributed by atoms with Crippen LogP contribution in [-0.4, -0.2) is 16.5 Å². The zero-order valence-corrected chi connectivity index (χ0v) is 9.72. The summed E-state index contributed by atoms with van der Waals surface area (Å²) < 4.78 is 0. The molecule has 1 aromatic carbocycles. The summed E-state index contributed by atoms with van der Waals surface area (Å²) in [7, 11) is 0. The number of aromatic amines is 1. The second-order valence-electron chi connectivity index (χ2n) is 4.25. The number of ketones is 1. The molecule has 0 bridgehead atoms. The molecule has 1 N–H and O–H groups in total. The first-order chi connectivity index (χ1) is 7.83. The lowest BCUT2D eigenvalue weighted by Gasteiger charge is -1.96. The van der Waals surface area contributed by atoms with E-state index in [1.165, 1.54) is 5.39 Å². The predicted molar refractivity (Wildman–Crippen MR) is 66.8 cm³/mol. The van der Waals surface area contributed by atoms with E-state index in [-0.39, 0.29) is 0 Å². The van der Waals surface area contributed by atoms with E-state index in [0.29, 0.717) is 17.5 Å². The minimum absolute atomic E-state index is 0.372. The number of hydrogen-bond donors (Lipinski definition) is 1. The zero-order chi connectivity index (χ0) is 11.0. The van der Waals surface area contributed by atoms with E-state index in [0.717, 1.165) is 23.4 Å². The summed E-state index contributed by atoms with van der Waals surface area (Å²) in [4.78, 5) is 14.9. The lowest BCUT2D eigenvalue weighted by Crippen LogP contribution is -2.02. The fraction of sp³-hybridized carbons (Fsp3) is 0.308. The van der Waals surface area contributed by atoms with E-state index in [1.807, 2.05) is 12.1 Å². The van der Waals surface area contributed by atoms with Gasteiger partial charge in [0, 0.05) is 16.8 Å². The maximum absolute atomic E-state index is 11.6. The van der Waals surface area contributed by atoms with Gasteiger partial charge in [-0.25, -0.2) is 0 Å². The van der Waals surface area contributed by atoms with Gasteiger partial charge < -0.3 is 4.98 Å². The number of carbonyl (C=O) groups excluding carboxylic acids is 1. The molecular weight excluding hydrogens is 218 g/mol. The Balaban J connectivity index is 1.71. The van der Waals surface area contributed by atoms with Crippen molar-refractivity contribution in [3.8, 4) is 0 Å². The molecule has 0 aliphatic heterocycles. The van der Waals surface area contributed by atoms with E-state index in [9.17, 15) is 4.79 Å². The fourth-order valence-corrected chi connectivity index (χ4v) is 2.72. The monoisotopic (exact) mass is 231 g/mol. The lowest BCUT2D eigenvalue weighted by molar-refractivity contribution is -0.117. The number of carbonyl (C=O) groups is 1. The summed E-state index contributed by atoms with van der Waals surface area (Å²) in [5.74, 6) is 1.39. The second-order valence-corrected chi connectivity index (χ2v) is 5.27. The number of aromatic nitrogens is 1. The molecule has 1 aromatic heterocycles. The van der Waals surface area contributed by atoms with Gasteiger partial charge in [-0.05, 0) is 25.0 Å². The van der Waals surface area contributed by atoms with Crippen molar-refractivity contribution in [3.05, 3.63) is 30.3 Å². The van der Waals surface area contributed by atoms with Crippen molar-refractivity contribution in [1.82, 2.24) is 4.98 Å². The SMILES string of the molecule is O=C(CSc1cc2ccccc2[nH]1)C1CC1. The summed E-state index contributed by atoms with van der Waals surface area (Å²) in [6, 6.07) is 10.3. The summed E-state index contributed by atoms with van der Waals surface area (Å²) in [5, 5.41) is 2.30. The van der Waals surface area contributed by atoms with E-state index < -0.39 is 0 Å². The molecule has 1 aliphatic rings. The van der Waals surface area contributed by atoms with Crippen molar-refractivity contribution < 1.29 is 4.79 Å². The first kappa shape index (κ1) is 9.97. The van der Waals surface area contributed by atoms with Crippen LogP contribution < -0.4 is 0 Å². The highest BCUT2D eigenvalue weighted by molar-refractivity contribution is 7.99. The van der Waals surface area contributed by atoms with Gasteiger partial charge in [0.1, 0.15) is 5.78 Å². The number of para-hydroxylation sites is 1. The quantitative estimate of drug-likeness (QED) is 0.819. The fourth-order valence-electron chi connectivity index (χ4n) is 1.80. The number of rotatable bonds is 4. The average Bonchev–Trinajstić information content (AvgIpc) is 3.06. The molecule has 0 spiro atoms. The van der Waals surface area contributed by atoms with Gasteiger partial charge in [0.2, 0.25) is 0 Å². The number of thioether (sulfide) groups is 1. The standard InChI is InChI=1S/C13H13NOS/c15-12(9-5-6-9)8-16-13-7-10-3-1-2-4-11(10)14-13/h1-4,7,9,14H,5-6,8H2. The summed E-state index contributed by atoms with van der Waals surface area (Å²) in [6.07, 6.45) is 2.21. The van der Waals surface area contributed by atoms with Gasteiger partial charge >= 0.3 is 0 Å². The molecule has 1 aliphatic carbocycles. The van der Waals surface area contributed by atoms with Crippen LogP contribution in [0, 0.1) is 5.92 Å². The van der Waals surface area contributed by atoms with Gasteiger partial charge in [0.05, 0.1) is 10.8 Å². The third-order valence-electron chi connectivity index (χ3n) is 2.91. The van der Waals surface area contributed by atoms with Crippen LogP contribution in [0.3, 0.4) is 0 Å². The number of nitrogens with one attached hydrogen (secondary N) is 1. The maximum atomic E-state index is 11.6. The summed E-state index contributed by atoms with van der Waals surface area (Å²) in [5.41, 5.74) is 1.14. The smallest absolute Gasteiger partial charge is 0.146 e. The largest absolute Gasteiger partial charge is 0.350 e. The van der Waals surface area contributed by atoms with Gasteiger partial charge in [0.15, 0.2) is 0 Å². The van der Waals surface area contributed by atoms with Crippen LogP contribution in [0.2, 0.25) is 0 Å². The normalized spacial score (nSPS) is 15.5. The maximum Gasteiger partial charge on any atom is 0.146 e. The van der Waals surface area contributed by atoms with Gasteiger partial charge in [-0.3, -0.25) is 4.79 Å². The Morgan fingerprint density at radius 3 is 2.94 bits per heavy atom. The number of fused-ring (bicyclic) bond motifs is 1. The average molecular weight is 231 g/mol. The Labute approximate surface area is 98.4 Å². The molecule has 82 valence electrons. The third-order valence-corrected chi connectivity index (χ3v) is 3.87. The number of hydrogen-bond acceptors (Lipinski definition) is 2. The molecule has 3 rings (SSSR count). The highest BCUT2D eigenvalue weighted by Gasteiger charge is 2.29. The highest BCUT2D eigenvalue weighted by atomic mass is 32.2. The van der Waals surface area contributed by atoms with Crippen LogP contribution in [0.5, 0.6) is 0 Å². The number of benzene rings is 1. The van der Waals surface area contributed by atoms with Crippen molar-refractivity contribution in [2.45, 2.75) is 17.9 Å². The zero-order valence-electron chi connectivity index (χ0n) is 8.90. The van der Waals surface area contributed by atoms with E-state index in [2.05, 4.69) is 23.2 Å². The molecule has 0 unspecified atom stereocenters. The molecule has 0 radical (unpaired) electrons. The Morgan fingerprint density at radius 1 is 1.38 bits per heavy atom. The third kappa shape index (κ3) is 2.00. The van der Waals surface area contributed by atoms with E-state index in [1.54, 1.807) is 11.8 Å². The Kier molecular flexibility index (Phi) is 2.48. The van der Waals surface area contributed by atoms with Gasteiger partial charge in [0.25, 0.3) is 0 Å². The van der Waals surface area contributed by atoms with Crippen molar-refractivity contribution in [1.29, 1.82) is 0 Å². The van der Waals surface area contributed by atoms with Crippen LogP contribution in [0.1, 0.15) is 12.8 Å². The molecule has 1 fully saturated rings. The second kappa shape index (κ2) is 3.98. The first-order valence-electron chi connectivity index (χ1n) is 5.56. The molecule has 1 heterocycles. The number of Topliss-reactive ketones (excluding diaryl/α,β-unsaturated/α-hetero) is 1. The molecule has 2 aromatic rings. The first-order valence-corrected chi connectivity index (χ1v) is 6.55. The molecule has 2 nitrogen and oxygen atoms in total. The van der Waals surface area contributed by atoms with Gasteiger partial charge in [-0.2, -0.15) is 0 Å². The van der Waals surface area contributed by atoms with Crippen molar-refractivity contribution in [3.63, 3.8) is 0 Å². The molecule has 0 saturated heterocycles. The predicted octanol–water partition coefficient (Wildman–Crippen LogP) is 3.24. The van der Waals surface area contributed by atoms with E-state index >= 15 is 0 Å². The van der Waals surface area contributed by atoms with Crippen molar-refractivity contribution in [2.24, 2.45) is 5.92 Å². The van der Waals surface area contributed by atoms with Crippen molar-refractivity contribution in [2.75, 3.05) is 5.75 Å². The molecule has 16 heavy (non-hydrogen) atoms. The van der Waals surface area contributed by atoms with Crippen molar-refractivity contribution >= 4 is 28.4 Å². The molecule has 1 saturated carbocycles. The summed E-state index contributed by atoms with van der Waals surface area (Å²) in [6.45, 7) is 0. The topological polar surface area (TPSA) is 32.9 Å². The molecule has 0 amide bonds. The highest BCUT2D eigenvalue weighted by Crippen LogP contribution is 2.32. The Morgan fingerprint density at radius 2 is 2.19 bits per heavy atom. The molecular formula is C13H13NOS. The van der Waals surface area contributed by atoms with E-state index in [4.69, 9.17) is 0 Å². The summed E-state index contributed by atoms with van der Waals surface area (Å²) >= 11 is 1.62. The van der Waals surface area contributed by atoms with Crippen LogP contribution in [-0.2, 0) is 4.79 Å². The lowest BCUT2D eigenvalue weighted by atomic mass is 10.3. The minimum Gasteiger partial charge on any atom is -0.350 e.